The van der Waals surface area contributed by atoms with E-state index in [1.54, 1.807) is 23.5 Å². The molecule has 1 aliphatic heterocycles. The molecule has 0 amide bonds. The molecular formula is C14H17N5OS2. The van der Waals surface area contributed by atoms with Gasteiger partial charge in [0.2, 0.25) is 11.1 Å². The van der Waals surface area contributed by atoms with Crippen molar-refractivity contribution in [2.24, 2.45) is 4.99 Å². The van der Waals surface area contributed by atoms with Gasteiger partial charge >= 0.3 is 0 Å². The number of H-pyrrole nitrogens is 1. The molecular weight excluding hydrogens is 318 g/mol. The fourth-order valence-electron chi connectivity index (χ4n) is 2.01. The smallest absolute Gasteiger partial charge is 0.216 e. The van der Waals surface area contributed by atoms with Crippen LogP contribution in [0.5, 0.6) is 5.75 Å². The van der Waals surface area contributed by atoms with Crippen LogP contribution in [0.4, 0.5) is 5.95 Å². The number of hydrogen-bond acceptors (Lipinski definition) is 7. The van der Waals surface area contributed by atoms with Gasteiger partial charge in [0.25, 0.3) is 0 Å². The van der Waals surface area contributed by atoms with Gasteiger partial charge in [0.1, 0.15) is 5.75 Å². The molecule has 0 fully saturated rings. The van der Waals surface area contributed by atoms with Crippen LogP contribution in [-0.4, -0.2) is 44.4 Å². The number of rotatable bonds is 6. The van der Waals surface area contributed by atoms with Gasteiger partial charge in [-0.1, -0.05) is 11.8 Å². The highest BCUT2D eigenvalue weighted by Gasteiger charge is 2.21. The van der Waals surface area contributed by atoms with E-state index >= 15 is 0 Å². The minimum atomic E-state index is 0.355. The summed E-state index contributed by atoms with van der Waals surface area (Å²) in [4.78, 5) is 8.72. The second-order valence-corrected chi connectivity index (χ2v) is 6.93. The highest BCUT2D eigenvalue weighted by Crippen LogP contribution is 2.30. The summed E-state index contributed by atoms with van der Waals surface area (Å²) in [6.45, 7) is 3.48. The second kappa shape index (κ2) is 7.06. The maximum atomic E-state index is 5.51. The van der Waals surface area contributed by atoms with Gasteiger partial charge in [-0.2, -0.15) is 4.98 Å². The number of nitrogen functional groups attached to an aromatic ring is 1. The molecule has 0 unspecified atom stereocenters. The monoisotopic (exact) mass is 335 g/mol. The van der Waals surface area contributed by atoms with E-state index in [0.29, 0.717) is 23.0 Å². The molecule has 1 atom stereocenters. The summed E-state index contributed by atoms with van der Waals surface area (Å²) in [5.41, 5.74) is 6.66. The number of nitrogens with zero attached hydrogens (tertiary/aromatic N) is 3. The first-order chi connectivity index (χ1) is 10.7. The molecule has 2 heterocycles. The first-order valence-corrected chi connectivity index (χ1v) is 8.86. The van der Waals surface area contributed by atoms with Crippen molar-refractivity contribution in [3.8, 4) is 5.75 Å². The minimum Gasteiger partial charge on any atom is -0.494 e. The fraction of sp³-hybridized carbons (Fsp3) is 0.357. The molecule has 116 valence electrons. The zero-order chi connectivity index (χ0) is 15.4. The Labute approximate surface area is 137 Å². The zero-order valence-electron chi connectivity index (χ0n) is 12.2. The standard InChI is InChI=1S/C14H17N5OS2/c1-2-20-10-5-3-9(4-6-10)12-16-7-11(22-12)8-21-14-17-13(15)18-19-14/h3-6,11H,2,7-8H2,1H3,(H3,15,17,18,19)/t11-/m0/s1. The molecule has 0 saturated carbocycles. The molecule has 3 N–H and O–H groups in total. The lowest BCUT2D eigenvalue weighted by Crippen LogP contribution is -2.07. The topological polar surface area (TPSA) is 89.2 Å². The van der Waals surface area contributed by atoms with Crippen molar-refractivity contribution in [3.63, 3.8) is 0 Å². The molecule has 3 rings (SSSR count). The molecule has 0 aliphatic carbocycles. The number of aromatic amines is 1. The fourth-order valence-corrected chi connectivity index (χ4v) is 4.09. The van der Waals surface area contributed by atoms with E-state index < -0.39 is 0 Å². The van der Waals surface area contributed by atoms with Gasteiger partial charge in [-0.15, -0.1) is 16.9 Å². The highest BCUT2D eigenvalue weighted by atomic mass is 32.2. The van der Waals surface area contributed by atoms with Crippen molar-refractivity contribution >= 4 is 34.5 Å². The molecule has 2 aromatic rings. The number of aromatic nitrogens is 3. The molecule has 1 aromatic heterocycles. The maximum Gasteiger partial charge on any atom is 0.216 e. The Bertz CT molecular complexity index is 656. The quantitative estimate of drug-likeness (QED) is 0.788. The second-order valence-electron chi connectivity index (χ2n) is 4.66. The van der Waals surface area contributed by atoms with Crippen LogP contribution in [0.15, 0.2) is 34.4 Å². The highest BCUT2D eigenvalue weighted by molar-refractivity contribution is 8.16. The van der Waals surface area contributed by atoms with Gasteiger partial charge in [0.15, 0.2) is 0 Å². The number of thioether (sulfide) groups is 2. The maximum absolute atomic E-state index is 5.51. The van der Waals surface area contributed by atoms with E-state index in [2.05, 4.69) is 32.3 Å². The predicted molar refractivity (Wildman–Crippen MR) is 91.9 cm³/mol. The van der Waals surface area contributed by atoms with Gasteiger partial charge in [0, 0.05) is 16.6 Å². The number of hydrogen-bond donors (Lipinski definition) is 2. The van der Waals surface area contributed by atoms with Crippen LogP contribution < -0.4 is 10.5 Å². The van der Waals surface area contributed by atoms with Crippen molar-refractivity contribution in [2.45, 2.75) is 17.3 Å². The lowest BCUT2D eigenvalue weighted by atomic mass is 10.2. The van der Waals surface area contributed by atoms with Gasteiger partial charge in [-0.3, -0.25) is 4.99 Å². The van der Waals surface area contributed by atoms with E-state index in [4.69, 9.17) is 10.5 Å². The Hall–Kier alpha value is -1.67. The molecule has 1 aromatic carbocycles. The Kier molecular flexibility index (Phi) is 4.89. The summed E-state index contributed by atoms with van der Waals surface area (Å²) < 4.78 is 5.46. The van der Waals surface area contributed by atoms with Crippen molar-refractivity contribution < 1.29 is 4.74 Å². The van der Waals surface area contributed by atoms with Crippen LogP contribution in [0.1, 0.15) is 12.5 Å². The Morgan fingerprint density at radius 3 is 2.91 bits per heavy atom. The first kappa shape index (κ1) is 15.2. The summed E-state index contributed by atoms with van der Waals surface area (Å²) in [6, 6.07) is 8.09. The lowest BCUT2D eigenvalue weighted by molar-refractivity contribution is 0.340. The van der Waals surface area contributed by atoms with Gasteiger partial charge in [-0.25, -0.2) is 5.10 Å². The van der Waals surface area contributed by atoms with E-state index in [-0.39, 0.29) is 0 Å². The number of aliphatic imine (C=N–C) groups is 1. The van der Waals surface area contributed by atoms with E-state index in [9.17, 15) is 0 Å². The average Bonchev–Trinajstić information content (AvgIpc) is 3.15. The van der Waals surface area contributed by atoms with E-state index in [1.807, 2.05) is 19.1 Å². The van der Waals surface area contributed by atoms with E-state index in [1.165, 1.54) is 0 Å². The molecule has 0 spiro atoms. The van der Waals surface area contributed by atoms with Crippen LogP contribution in [0.25, 0.3) is 0 Å². The van der Waals surface area contributed by atoms with Gasteiger partial charge in [-0.05, 0) is 31.2 Å². The van der Waals surface area contributed by atoms with Crippen LogP contribution in [-0.2, 0) is 0 Å². The van der Waals surface area contributed by atoms with Crippen LogP contribution in [0, 0.1) is 0 Å². The molecule has 6 nitrogen and oxygen atoms in total. The van der Waals surface area contributed by atoms with Gasteiger partial charge in [0.05, 0.1) is 18.2 Å². The number of ether oxygens (including phenoxy) is 1. The number of nitrogens with two attached hydrogens (primary N) is 1. The van der Waals surface area contributed by atoms with Crippen molar-refractivity contribution in [3.05, 3.63) is 29.8 Å². The SMILES string of the molecule is CCOc1ccc(C2=NC[C@@H](CSc3n[nH]c(N)n3)S2)cc1. The molecule has 1 aliphatic rings. The van der Waals surface area contributed by atoms with Crippen LogP contribution in [0.2, 0.25) is 0 Å². The predicted octanol–water partition coefficient (Wildman–Crippen LogP) is 2.44. The van der Waals surface area contributed by atoms with Gasteiger partial charge < -0.3 is 10.5 Å². The Morgan fingerprint density at radius 2 is 2.23 bits per heavy atom. The summed E-state index contributed by atoms with van der Waals surface area (Å²) in [7, 11) is 0. The van der Waals surface area contributed by atoms with Crippen molar-refractivity contribution in [1.82, 2.24) is 15.2 Å². The Morgan fingerprint density at radius 1 is 1.41 bits per heavy atom. The zero-order valence-corrected chi connectivity index (χ0v) is 13.8. The first-order valence-electron chi connectivity index (χ1n) is 6.99. The minimum absolute atomic E-state index is 0.355. The number of anilines is 1. The third-order valence-corrected chi connectivity index (χ3v) is 5.47. The summed E-state index contributed by atoms with van der Waals surface area (Å²) in [5, 5.41) is 8.88. The molecule has 0 bridgehead atoms. The molecule has 0 radical (unpaired) electrons. The number of benzene rings is 1. The lowest BCUT2D eigenvalue weighted by Gasteiger charge is -2.07. The summed E-state index contributed by atoms with van der Waals surface area (Å²) in [6.07, 6.45) is 0. The third kappa shape index (κ3) is 3.75. The molecule has 8 heteroatoms. The van der Waals surface area contributed by atoms with Crippen LogP contribution in [0.3, 0.4) is 0 Å². The molecule has 22 heavy (non-hydrogen) atoms. The number of nitrogens with one attached hydrogen (secondary N) is 1. The Balaban J connectivity index is 1.52. The van der Waals surface area contributed by atoms with Crippen molar-refractivity contribution in [1.29, 1.82) is 0 Å². The van der Waals surface area contributed by atoms with Crippen molar-refractivity contribution in [2.75, 3.05) is 24.6 Å². The average molecular weight is 335 g/mol. The third-order valence-electron chi connectivity index (χ3n) is 3.01. The summed E-state index contributed by atoms with van der Waals surface area (Å²) >= 11 is 3.40. The van der Waals surface area contributed by atoms with E-state index in [0.717, 1.165) is 28.7 Å². The molecule has 0 saturated heterocycles. The largest absolute Gasteiger partial charge is 0.494 e. The van der Waals surface area contributed by atoms with Crippen LogP contribution >= 0.6 is 23.5 Å². The normalized spacial score (nSPS) is 17.5. The summed E-state index contributed by atoms with van der Waals surface area (Å²) in [5.74, 6) is 2.16.